The number of benzene rings is 1. The Hall–Kier alpha value is -1.18. The van der Waals surface area contributed by atoms with Crippen LogP contribution in [0, 0.1) is 18.7 Å². The topological polar surface area (TPSA) is 92.4 Å². The highest BCUT2D eigenvalue weighted by molar-refractivity contribution is 7.89. The van der Waals surface area contributed by atoms with Gasteiger partial charge in [0.25, 0.3) is 0 Å². The van der Waals surface area contributed by atoms with Gasteiger partial charge in [-0.15, -0.1) is 0 Å². The molecule has 0 aliphatic carbocycles. The maximum absolute atomic E-state index is 13.5. The lowest BCUT2D eigenvalue weighted by Gasteiger charge is -2.13. The molecule has 0 amide bonds. The Balaban J connectivity index is 2.89. The van der Waals surface area contributed by atoms with Crippen LogP contribution >= 0.6 is 0 Å². The van der Waals surface area contributed by atoms with Crippen molar-refractivity contribution in [1.29, 1.82) is 0 Å². The van der Waals surface area contributed by atoms with Gasteiger partial charge in [0.2, 0.25) is 10.0 Å². The first kappa shape index (κ1) is 15.9. The lowest BCUT2D eigenvalue weighted by Crippen LogP contribution is -2.29. The van der Waals surface area contributed by atoms with Gasteiger partial charge in [0.15, 0.2) is 0 Å². The molecule has 1 unspecified atom stereocenters. The number of hydrogen-bond donors (Lipinski definition) is 3. The van der Waals surface area contributed by atoms with Crippen molar-refractivity contribution in [1.82, 2.24) is 4.72 Å². The van der Waals surface area contributed by atoms with Gasteiger partial charge in [-0.1, -0.05) is 6.92 Å². The molecule has 4 N–H and O–H groups in total. The predicted molar refractivity (Wildman–Crippen MR) is 71.6 cm³/mol. The zero-order valence-corrected chi connectivity index (χ0v) is 11.8. The van der Waals surface area contributed by atoms with E-state index in [2.05, 4.69) is 4.72 Å². The largest absolute Gasteiger partial charge is 0.398 e. The van der Waals surface area contributed by atoms with Crippen molar-refractivity contribution >= 4 is 15.7 Å². The van der Waals surface area contributed by atoms with Crippen LogP contribution in [0.1, 0.15) is 18.9 Å². The fraction of sp³-hybridized carbons (Fsp3) is 0.500. The summed E-state index contributed by atoms with van der Waals surface area (Å²) in [4.78, 5) is -0.190. The molecule has 0 saturated carbocycles. The second-order valence-electron chi connectivity index (χ2n) is 4.59. The summed E-state index contributed by atoms with van der Waals surface area (Å²) in [5, 5.41) is 8.74. The maximum Gasteiger partial charge on any atom is 0.240 e. The summed E-state index contributed by atoms with van der Waals surface area (Å²) in [6.45, 7) is 3.47. The fourth-order valence-electron chi connectivity index (χ4n) is 1.49. The number of rotatable bonds is 6. The van der Waals surface area contributed by atoms with Gasteiger partial charge in [-0.05, 0) is 31.4 Å². The Labute approximate surface area is 112 Å². The molecule has 108 valence electrons. The molecule has 1 aromatic rings. The molecular formula is C12H19FN2O3S. The smallest absolute Gasteiger partial charge is 0.240 e. The minimum Gasteiger partial charge on any atom is -0.398 e. The molecule has 0 bridgehead atoms. The number of aliphatic hydroxyl groups is 1. The molecule has 0 radical (unpaired) electrons. The van der Waals surface area contributed by atoms with Crippen LogP contribution < -0.4 is 10.5 Å². The SMILES string of the molecule is Cc1c(N)cc(S(=O)(=O)NCC(C)CCO)cc1F. The zero-order chi connectivity index (χ0) is 14.6. The van der Waals surface area contributed by atoms with E-state index in [0.29, 0.717) is 6.42 Å². The molecule has 7 heteroatoms. The molecule has 1 rings (SSSR count). The van der Waals surface area contributed by atoms with E-state index in [4.69, 9.17) is 10.8 Å². The van der Waals surface area contributed by atoms with Gasteiger partial charge in [-0.25, -0.2) is 17.5 Å². The van der Waals surface area contributed by atoms with Crippen molar-refractivity contribution < 1.29 is 17.9 Å². The van der Waals surface area contributed by atoms with Gasteiger partial charge in [0, 0.05) is 24.4 Å². The minimum atomic E-state index is -3.79. The molecule has 1 aromatic carbocycles. The summed E-state index contributed by atoms with van der Waals surface area (Å²) in [6.07, 6.45) is 0.493. The summed E-state index contributed by atoms with van der Waals surface area (Å²) >= 11 is 0. The average Bonchev–Trinajstić information content (AvgIpc) is 2.33. The molecule has 1 atom stereocenters. The number of sulfonamides is 1. The van der Waals surface area contributed by atoms with E-state index in [9.17, 15) is 12.8 Å². The zero-order valence-electron chi connectivity index (χ0n) is 11.0. The second kappa shape index (κ2) is 6.31. The Bertz CT molecular complexity index is 523. The first-order valence-corrected chi connectivity index (χ1v) is 7.42. The van der Waals surface area contributed by atoms with Gasteiger partial charge in [0.05, 0.1) is 4.90 Å². The lowest BCUT2D eigenvalue weighted by atomic mass is 10.1. The van der Waals surface area contributed by atoms with Crippen LogP contribution in [0.2, 0.25) is 0 Å². The monoisotopic (exact) mass is 290 g/mol. The first-order chi connectivity index (χ1) is 8.77. The third-order valence-electron chi connectivity index (χ3n) is 2.91. The predicted octanol–water partition coefficient (Wildman–Crippen LogP) is 1.01. The summed E-state index contributed by atoms with van der Waals surface area (Å²) in [6, 6.07) is 2.18. The van der Waals surface area contributed by atoms with Crippen LogP contribution in [0.5, 0.6) is 0 Å². The van der Waals surface area contributed by atoms with E-state index in [0.717, 1.165) is 6.07 Å². The van der Waals surface area contributed by atoms with Crippen LogP contribution in [0.25, 0.3) is 0 Å². The van der Waals surface area contributed by atoms with Gasteiger partial charge < -0.3 is 10.8 Å². The highest BCUT2D eigenvalue weighted by atomic mass is 32.2. The van der Waals surface area contributed by atoms with Gasteiger partial charge in [-0.2, -0.15) is 0 Å². The van der Waals surface area contributed by atoms with Crippen molar-refractivity contribution in [3.8, 4) is 0 Å². The van der Waals surface area contributed by atoms with Crippen LogP contribution in [-0.4, -0.2) is 26.7 Å². The number of nitrogen functional groups attached to an aromatic ring is 1. The number of nitrogens with two attached hydrogens (primary N) is 1. The van der Waals surface area contributed by atoms with E-state index in [1.165, 1.54) is 13.0 Å². The van der Waals surface area contributed by atoms with Crippen molar-refractivity contribution in [3.63, 3.8) is 0 Å². The van der Waals surface area contributed by atoms with Crippen molar-refractivity contribution in [2.24, 2.45) is 5.92 Å². The molecule has 0 spiro atoms. The Morgan fingerprint density at radius 3 is 2.63 bits per heavy atom. The minimum absolute atomic E-state index is 0.00496. The summed E-state index contributed by atoms with van der Waals surface area (Å²) in [5.41, 5.74) is 5.89. The standard InChI is InChI=1S/C12H19FN2O3S/c1-8(3-4-16)7-15-19(17,18)10-5-11(13)9(2)12(14)6-10/h5-6,8,15-16H,3-4,7,14H2,1-2H3. The highest BCUT2D eigenvalue weighted by Crippen LogP contribution is 2.20. The summed E-state index contributed by atoms with van der Waals surface area (Å²) < 4.78 is 39.8. The van der Waals surface area contributed by atoms with E-state index < -0.39 is 15.8 Å². The van der Waals surface area contributed by atoms with Gasteiger partial charge >= 0.3 is 0 Å². The Morgan fingerprint density at radius 2 is 2.11 bits per heavy atom. The van der Waals surface area contributed by atoms with Gasteiger partial charge in [-0.3, -0.25) is 0 Å². The average molecular weight is 290 g/mol. The molecule has 19 heavy (non-hydrogen) atoms. The first-order valence-electron chi connectivity index (χ1n) is 5.94. The second-order valence-corrected chi connectivity index (χ2v) is 6.36. The fourth-order valence-corrected chi connectivity index (χ4v) is 2.70. The summed E-state index contributed by atoms with van der Waals surface area (Å²) in [7, 11) is -3.79. The number of anilines is 1. The number of aliphatic hydroxyl groups excluding tert-OH is 1. The molecule has 0 aliphatic heterocycles. The van der Waals surface area contributed by atoms with E-state index in [1.807, 2.05) is 6.92 Å². The normalized spacial score (nSPS) is 13.5. The van der Waals surface area contributed by atoms with Crippen molar-refractivity contribution in [3.05, 3.63) is 23.5 Å². The molecule has 0 aromatic heterocycles. The van der Waals surface area contributed by atoms with Crippen molar-refractivity contribution in [2.75, 3.05) is 18.9 Å². The van der Waals surface area contributed by atoms with Crippen molar-refractivity contribution in [2.45, 2.75) is 25.2 Å². The molecule has 0 fully saturated rings. The number of halogens is 1. The molecule has 0 saturated heterocycles. The lowest BCUT2D eigenvalue weighted by molar-refractivity contribution is 0.263. The van der Waals surface area contributed by atoms with E-state index in [1.54, 1.807) is 0 Å². The third-order valence-corrected chi connectivity index (χ3v) is 4.32. The van der Waals surface area contributed by atoms with E-state index >= 15 is 0 Å². The molecule has 0 aliphatic rings. The van der Waals surface area contributed by atoms with Crippen LogP contribution in [0.3, 0.4) is 0 Å². The number of hydrogen-bond acceptors (Lipinski definition) is 4. The Morgan fingerprint density at radius 1 is 1.47 bits per heavy atom. The van der Waals surface area contributed by atoms with Crippen LogP contribution in [0.4, 0.5) is 10.1 Å². The summed E-state index contributed by atoms with van der Waals surface area (Å²) in [5.74, 6) is -0.656. The Kier molecular flexibility index (Phi) is 5.28. The third kappa shape index (κ3) is 4.15. The molecular weight excluding hydrogens is 271 g/mol. The maximum atomic E-state index is 13.5. The number of nitrogens with one attached hydrogen (secondary N) is 1. The highest BCUT2D eigenvalue weighted by Gasteiger charge is 2.18. The quantitative estimate of drug-likeness (QED) is 0.682. The van der Waals surface area contributed by atoms with E-state index in [-0.39, 0.29) is 35.2 Å². The van der Waals surface area contributed by atoms with Crippen LogP contribution in [0.15, 0.2) is 17.0 Å². The molecule has 0 heterocycles. The van der Waals surface area contributed by atoms with Crippen LogP contribution in [-0.2, 0) is 10.0 Å². The van der Waals surface area contributed by atoms with Gasteiger partial charge in [0.1, 0.15) is 5.82 Å². The molecule has 5 nitrogen and oxygen atoms in total.